The van der Waals surface area contributed by atoms with Crippen molar-refractivity contribution in [2.45, 2.75) is 30.0 Å². The lowest BCUT2D eigenvalue weighted by atomic mass is 10.0. The fourth-order valence-corrected chi connectivity index (χ4v) is 5.65. The van der Waals surface area contributed by atoms with Crippen molar-refractivity contribution in [3.63, 3.8) is 0 Å². The number of nitrogens with one attached hydrogen (secondary N) is 1. The van der Waals surface area contributed by atoms with Gasteiger partial charge in [-0.1, -0.05) is 18.2 Å². The maximum atomic E-state index is 13.0. The van der Waals surface area contributed by atoms with Crippen LogP contribution < -0.4 is 5.32 Å². The fraction of sp³-hybridized carbons (Fsp3) is 0.579. The lowest BCUT2D eigenvalue weighted by Gasteiger charge is -2.30. The summed E-state index contributed by atoms with van der Waals surface area (Å²) in [6.07, 6.45) is 0. The van der Waals surface area contributed by atoms with Gasteiger partial charge in [-0.25, -0.2) is 0 Å². The molecule has 0 saturated carbocycles. The van der Waals surface area contributed by atoms with Gasteiger partial charge in [-0.05, 0) is 25.5 Å². The molecule has 1 N–H and O–H groups in total. The van der Waals surface area contributed by atoms with E-state index in [0.29, 0.717) is 6.54 Å². The molecule has 2 saturated heterocycles. The first-order valence-corrected chi connectivity index (χ1v) is 10.0. The summed E-state index contributed by atoms with van der Waals surface area (Å²) in [5.41, 5.74) is 1.76. The minimum absolute atomic E-state index is 0.0306. The van der Waals surface area contributed by atoms with Crippen LogP contribution in [0.5, 0.6) is 0 Å². The summed E-state index contributed by atoms with van der Waals surface area (Å²) in [4.78, 5) is 30.0. The van der Waals surface area contributed by atoms with E-state index in [9.17, 15) is 9.59 Å². The number of thioether (sulfide) groups is 1. The second-order valence-electron chi connectivity index (χ2n) is 7.52. The Morgan fingerprint density at radius 1 is 1.31 bits per heavy atom. The standard InChI is InChI=1S/C19H25N3O3S/c1-19(2)15(16(23)20-7-8-21-9-11-25-12-10-21)22-17(24)13-5-3-4-6-14(13)18(22)26-19/h3-6,15,18H,7-12H2,1-2H3,(H,20,23)/t15-,18+/m0/s1. The number of rotatable bonds is 4. The highest BCUT2D eigenvalue weighted by atomic mass is 32.2. The van der Waals surface area contributed by atoms with E-state index in [2.05, 4.69) is 24.1 Å². The molecule has 6 nitrogen and oxygen atoms in total. The van der Waals surface area contributed by atoms with Crippen molar-refractivity contribution in [2.24, 2.45) is 0 Å². The highest BCUT2D eigenvalue weighted by Crippen LogP contribution is 2.56. The maximum Gasteiger partial charge on any atom is 0.256 e. The van der Waals surface area contributed by atoms with Crippen LogP contribution in [0.1, 0.15) is 35.1 Å². The molecule has 3 aliphatic heterocycles. The minimum atomic E-state index is -0.456. The Labute approximate surface area is 158 Å². The Hall–Kier alpha value is -1.57. The molecule has 1 aromatic rings. The van der Waals surface area contributed by atoms with Crippen LogP contribution >= 0.6 is 11.8 Å². The molecule has 3 aliphatic rings. The van der Waals surface area contributed by atoms with Crippen molar-refractivity contribution in [3.05, 3.63) is 35.4 Å². The summed E-state index contributed by atoms with van der Waals surface area (Å²) >= 11 is 1.70. The third-order valence-corrected chi connectivity index (χ3v) is 6.91. The van der Waals surface area contributed by atoms with Crippen LogP contribution in [0.25, 0.3) is 0 Å². The number of hydrogen-bond acceptors (Lipinski definition) is 5. The van der Waals surface area contributed by atoms with Gasteiger partial charge >= 0.3 is 0 Å². The molecule has 2 fully saturated rings. The Morgan fingerprint density at radius 2 is 2.04 bits per heavy atom. The molecule has 140 valence electrons. The number of carbonyl (C=O) groups excluding carboxylic acids is 2. The van der Waals surface area contributed by atoms with Crippen LogP contribution in [0.2, 0.25) is 0 Å². The summed E-state index contributed by atoms with van der Waals surface area (Å²) in [6, 6.07) is 7.24. The molecule has 2 atom stereocenters. The molecule has 0 unspecified atom stereocenters. The summed E-state index contributed by atoms with van der Waals surface area (Å²) in [5, 5.41) is 2.99. The number of ether oxygens (including phenoxy) is 1. The zero-order valence-corrected chi connectivity index (χ0v) is 16.1. The molecule has 0 aliphatic carbocycles. The zero-order chi connectivity index (χ0) is 18.3. The second kappa shape index (κ2) is 6.87. The average Bonchev–Trinajstić information content (AvgIpc) is 3.06. The summed E-state index contributed by atoms with van der Waals surface area (Å²) in [6.45, 7) is 8.83. The molecule has 0 bridgehead atoms. The summed E-state index contributed by atoms with van der Waals surface area (Å²) < 4.78 is 5.03. The van der Waals surface area contributed by atoms with Gasteiger partial charge in [-0.15, -0.1) is 11.8 Å². The van der Waals surface area contributed by atoms with E-state index in [1.165, 1.54) is 0 Å². The normalized spacial score (nSPS) is 27.3. The van der Waals surface area contributed by atoms with Gasteiger partial charge in [-0.2, -0.15) is 0 Å². The Balaban J connectivity index is 1.45. The maximum absolute atomic E-state index is 13.0. The monoisotopic (exact) mass is 375 g/mol. The lowest BCUT2D eigenvalue weighted by molar-refractivity contribution is -0.126. The van der Waals surface area contributed by atoms with Crippen LogP contribution in [-0.4, -0.2) is 71.8 Å². The van der Waals surface area contributed by atoms with Gasteiger partial charge in [0.2, 0.25) is 5.91 Å². The molecule has 0 aromatic heterocycles. The third-order valence-electron chi connectivity index (χ3n) is 5.38. The number of benzene rings is 1. The number of nitrogens with zero attached hydrogens (tertiary/aromatic N) is 2. The highest BCUT2D eigenvalue weighted by Gasteiger charge is 2.57. The van der Waals surface area contributed by atoms with Crippen molar-refractivity contribution in [1.82, 2.24) is 15.1 Å². The number of hydrogen-bond donors (Lipinski definition) is 1. The zero-order valence-electron chi connectivity index (χ0n) is 15.2. The molecular formula is C19H25N3O3S. The van der Waals surface area contributed by atoms with Crippen molar-refractivity contribution in [1.29, 1.82) is 0 Å². The van der Waals surface area contributed by atoms with Crippen molar-refractivity contribution < 1.29 is 14.3 Å². The largest absolute Gasteiger partial charge is 0.379 e. The van der Waals surface area contributed by atoms with E-state index in [0.717, 1.165) is 44.0 Å². The van der Waals surface area contributed by atoms with Crippen LogP contribution in [0.3, 0.4) is 0 Å². The predicted octanol–water partition coefficient (Wildman–Crippen LogP) is 1.48. The number of fused-ring (bicyclic) bond motifs is 3. The molecule has 0 spiro atoms. The Bertz CT molecular complexity index is 718. The molecular weight excluding hydrogens is 350 g/mol. The summed E-state index contributed by atoms with van der Waals surface area (Å²) in [7, 11) is 0. The molecule has 2 amide bonds. The van der Waals surface area contributed by atoms with Crippen LogP contribution in [0, 0.1) is 0 Å². The topological polar surface area (TPSA) is 61.9 Å². The van der Waals surface area contributed by atoms with E-state index >= 15 is 0 Å². The molecule has 26 heavy (non-hydrogen) atoms. The van der Waals surface area contributed by atoms with Crippen LogP contribution in [-0.2, 0) is 9.53 Å². The first kappa shape index (κ1) is 17.8. The van der Waals surface area contributed by atoms with E-state index in [1.807, 2.05) is 24.3 Å². The van der Waals surface area contributed by atoms with E-state index in [1.54, 1.807) is 16.7 Å². The molecule has 0 radical (unpaired) electrons. The van der Waals surface area contributed by atoms with Crippen molar-refractivity contribution in [2.75, 3.05) is 39.4 Å². The SMILES string of the molecule is CC1(C)S[C@@H]2c3ccccc3C(=O)N2[C@H]1C(=O)NCCN1CCOCC1. The van der Waals surface area contributed by atoms with Gasteiger partial charge in [0.1, 0.15) is 11.4 Å². The van der Waals surface area contributed by atoms with Crippen molar-refractivity contribution >= 4 is 23.6 Å². The Kier molecular flexibility index (Phi) is 4.71. The van der Waals surface area contributed by atoms with Gasteiger partial charge in [0.15, 0.2) is 0 Å². The van der Waals surface area contributed by atoms with Gasteiger partial charge < -0.3 is 15.0 Å². The molecule has 3 heterocycles. The number of amides is 2. The van der Waals surface area contributed by atoms with Gasteiger partial charge in [0, 0.05) is 36.5 Å². The van der Waals surface area contributed by atoms with E-state index in [4.69, 9.17) is 4.74 Å². The van der Waals surface area contributed by atoms with E-state index < -0.39 is 6.04 Å². The van der Waals surface area contributed by atoms with Crippen LogP contribution in [0.4, 0.5) is 0 Å². The van der Waals surface area contributed by atoms with Crippen molar-refractivity contribution in [3.8, 4) is 0 Å². The smallest absolute Gasteiger partial charge is 0.256 e. The summed E-state index contributed by atoms with van der Waals surface area (Å²) in [5.74, 6) is -0.0866. The average molecular weight is 375 g/mol. The molecule has 7 heteroatoms. The second-order valence-corrected chi connectivity index (χ2v) is 9.26. The minimum Gasteiger partial charge on any atom is -0.379 e. The first-order chi connectivity index (χ1) is 12.5. The third kappa shape index (κ3) is 3.02. The molecule has 4 rings (SSSR count). The fourth-order valence-electron chi connectivity index (χ4n) is 4.06. The van der Waals surface area contributed by atoms with Gasteiger partial charge in [0.25, 0.3) is 5.91 Å². The van der Waals surface area contributed by atoms with Crippen LogP contribution in [0.15, 0.2) is 24.3 Å². The molecule has 1 aromatic carbocycles. The number of morpholine rings is 1. The lowest BCUT2D eigenvalue weighted by Crippen LogP contribution is -2.53. The Morgan fingerprint density at radius 3 is 2.81 bits per heavy atom. The predicted molar refractivity (Wildman–Crippen MR) is 101 cm³/mol. The quantitative estimate of drug-likeness (QED) is 0.864. The first-order valence-electron chi connectivity index (χ1n) is 9.16. The number of carbonyl (C=O) groups is 2. The van der Waals surface area contributed by atoms with E-state index in [-0.39, 0.29) is 21.9 Å². The highest BCUT2D eigenvalue weighted by molar-refractivity contribution is 8.01. The van der Waals surface area contributed by atoms with Gasteiger partial charge in [-0.3, -0.25) is 14.5 Å². The van der Waals surface area contributed by atoms with Gasteiger partial charge in [0.05, 0.1) is 13.2 Å².